The van der Waals surface area contributed by atoms with Crippen LogP contribution in [0.25, 0.3) is 11.8 Å². The Morgan fingerprint density at radius 2 is 1.65 bits per heavy atom. The summed E-state index contributed by atoms with van der Waals surface area (Å²) in [7, 11) is 4.42. The molecule has 2 heterocycles. The molecule has 9 nitrogen and oxygen atoms in total. The van der Waals surface area contributed by atoms with Crippen molar-refractivity contribution in [1.82, 2.24) is 4.90 Å². The Bertz CT molecular complexity index is 1650. The minimum Gasteiger partial charge on any atom is -0.493 e. The summed E-state index contributed by atoms with van der Waals surface area (Å²) in [5.41, 5.74) is 2.27. The van der Waals surface area contributed by atoms with Gasteiger partial charge in [0, 0.05) is 16.0 Å². The number of carbonyl (C=O) groups excluding carboxylic acids is 2. The number of nitrogens with zero attached hydrogens (tertiary/aromatic N) is 2. The number of methoxy groups -OCH3 is 3. The van der Waals surface area contributed by atoms with Gasteiger partial charge in [0.15, 0.2) is 28.2 Å². The van der Waals surface area contributed by atoms with Crippen LogP contribution in [0.4, 0.5) is 0 Å². The standard InChI is InChI=1S/C29H22ClN3O6S/c1-36-22-11-9-17(14-25(22)38-3)28(35)39-23-10-8-16(13-24(23)37-2)12-19-26(31)33-21(15-40-29(33)32-27(19)34)18-6-4-5-7-20(18)30/h4-15,31H,1-3H3/b19-12-,31-26?. The molecule has 2 aliphatic heterocycles. The molecular formula is C29H22ClN3O6S. The Hall–Kier alpha value is -4.54. The first-order chi connectivity index (χ1) is 19.3. The zero-order valence-corrected chi connectivity index (χ0v) is 23.1. The van der Waals surface area contributed by atoms with Gasteiger partial charge in [-0.3, -0.25) is 15.1 Å². The number of carbonyl (C=O) groups is 2. The minimum absolute atomic E-state index is 0.0332. The van der Waals surface area contributed by atoms with E-state index in [1.54, 1.807) is 47.4 Å². The molecule has 11 heteroatoms. The number of amides is 1. The summed E-state index contributed by atoms with van der Waals surface area (Å²) in [6.07, 6.45) is 1.54. The molecule has 0 radical (unpaired) electrons. The fraction of sp³-hybridized carbons (Fsp3) is 0.103. The van der Waals surface area contributed by atoms with E-state index in [1.165, 1.54) is 39.2 Å². The van der Waals surface area contributed by atoms with Gasteiger partial charge >= 0.3 is 5.97 Å². The average Bonchev–Trinajstić information content (AvgIpc) is 3.39. The van der Waals surface area contributed by atoms with E-state index >= 15 is 0 Å². The molecule has 0 fully saturated rings. The van der Waals surface area contributed by atoms with Gasteiger partial charge in [-0.1, -0.05) is 47.6 Å². The highest BCUT2D eigenvalue weighted by atomic mass is 35.5. The van der Waals surface area contributed by atoms with Gasteiger partial charge in [0.2, 0.25) is 0 Å². The van der Waals surface area contributed by atoms with E-state index in [1.807, 2.05) is 23.6 Å². The molecule has 40 heavy (non-hydrogen) atoms. The van der Waals surface area contributed by atoms with Crippen molar-refractivity contribution < 1.29 is 28.5 Å². The van der Waals surface area contributed by atoms with E-state index in [2.05, 4.69) is 4.99 Å². The predicted molar refractivity (Wildman–Crippen MR) is 155 cm³/mol. The molecule has 0 bridgehead atoms. The highest BCUT2D eigenvalue weighted by Gasteiger charge is 2.36. The van der Waals surface area contributed by atoms with Crippen molar-refractivity contribution in [2.24, 2.45) is 4.99 Å². The molecule has 5 rings (SSSR count). The zero-order chi connectivity index (χ0) is 28.4. The largest absolute Gasteiger partial charge is 0.493 e. The second-order valence-electron chi connectivity index (χ2n) is 8.41. The van der Waals surface area contributed by atoms with Crippen LogP contribution in [0.5, 0.6) is 23.0 Å². The second kappa shape index (κ2) is 11.3. The number of aliphatic imine (C=N–C) groups is 1. The number of rotatable bonds is 7. The van der Waals surface area contributed by atoms with Crippen LogP contribution in [0, 0.1) is 5.41 Å². The third-order valence-electron chi connectivity index (χ3n) is 6.08. The van der Waals surface area contributed by atoms with E-state index < -0.39 is 11.9 Å². The molecule has 0 aliphatic carbocycles. The summed E-state index contributed by atoms with van der Waals surface area (Å²) in [6, 6.07) is 16.8. The van der Waals surface area contributed by atoms with Gasteiger partial charge < -0.3 is 18.9 Å². The Balaban J connectivity index is 1.41. The predicted octanol–water partition coefficient (Wildman–Crippen LogP) is 5.89. The van der Waals surface area contributed by atoms with Crippen molar-refractivity contribution in [2.45, 2.75) is 0 Å². The summed E-state index contributed by atoms with van der Waals surface area (Å²) in [5.74, 6) is 0.109. The van der Waals surface area contributed by atoms with Crippen molar-refractivity contribution in [3.05, 3.63) is 93.4 Å². The molecule has 1 N–H and O–H groups in total. The lowest BCUT2D eigenvalue weighted by molar-refractivity contribution is -0.114. The molecule has 3 aromatic rings. The average molecular weight is 576 g/mol. The third kappa shape index (κ3) is 5.06. The van der Waals surface area contributed by atoms with Gasteiger partial charge in [-0.2, -0.15) is 4.99 Å². The fourth-order valence-electron chi connectivity index (χ4n) is 4.11. The molecule has 0 saturated heterocycles. The van der Waals surface area contributed by atoms with Gasteiger partial charge in [-0.25, -0.2) is 4.79 Å². The number of hydrogen-bond donors (Lipinski definition) is 1. The van der Waals surface area contributed by atoms with Gasteiger partial charge in [-0.05, 0) is 48.0 Å². The highest BCUT2D eigenvalue weighted by Crippen LogP contribution is 2.40. The monoisotopic (exact) mass is 575 g/mol. The van der Waals surface area contributed by atoms with Crippen LogP contribution in [0.3, 0.4) is 0 Å². The molecule has 0 spiro atoms. The summed E-state index contributed by atoms with van der Waals surface area (Å²) in [4.78, 5) is 31.5. The summed E-state index contributed by atoms with van der Waals surface area (Å²) in [5, 5.41) is 11.6. The Kier molecular flexibility index (Phi) is 7.63. The lowest BCUT2D eigenvalue weighted by Gasteiger charge is -2.27. The Morgan fingerprint density at radius 3 is 2.38 bits per heavy atom. The van der Waals surface area contributed by atoms with Crippen molar-refractivity contribution in [3.8, 4) is 23.0 Å². The van der Waals surface area contributed by atoms with Crippen LogP contribution in [0.15, 0.2) is 76.6 Å². The smallest absolute Gasteiger partial charge is 0.343 e. The van der Waals surface area contributed by atoms with E-state index in [-0.39, 0.29) is 28.5 Å². The maximum atomic E-state index is 12.9. The molecule has 0 atom stereocenters. The van der Waals surface area contributed by atoms with E-state index in [4.69, 9.17) is 36.0 Å². The van der Waals surface area contributed by atoms with Crippen molar-refractivity contribution >= 4 is 58.0 Å². The van der Waals surface area contributed by atoms with Crippen LogP contribution in [0.2, 0.25) is 5.02 Å². The number of halogens is 1. The molecule has 0 unspecified atom stereocenters. The summed E-state index contributed by atoms with van der Waals surface area (Å²) < 4.78 is 21.5. The second-order valence-corrected chi connectivity index (χ2v) is 9.66. The number of ether oxygens (including phenoxy) is 4. The van der Waals surface area contributed by atoms with Gasteiger partial charge in [0.25, 0.3) is 5.91 Å². The van der Waals surface area contributed by atoms with Crippen LogP contribution < -0.4 is 18.9 Å². The third-order valence-corrected chi connectivity index (χ3v) is 7.24. The highest BCUT2D eigenvalue weighted by molar-refractivity contribution is 8.17. The number of thioether (sulfide) groups is 1. The van der Waals surface area contributed by atoms with Crippen LogP contribution in [-0.2, 0) is 4.79 Å². The fourth-order valence-corrected chi connectivity index (χ4v) is 5.22. The molecule has 1 amide bonds. The van der Waals surface area contributed by atoms with E-state index in [0.29, 0.717) is 32.9 Å². The lowest BCUT2D eigenvalue weighted by Crippen LogP contribution is -2.38. The van der Waals surface area contributed by atoms with E-state index in [9.17, 15) is 9.59 Å². The topological polar surface area (TPSA) is 111 Å². The van der Waals surface area contributed by atoms with Crippen LogP contribution in [0.1, 0.15) is 21.5 Å². The minimum atomic E-state index is -0.623. The number of hydrogen-bond acceptors (Lipinski definition) is 8. The van der Waals surface area contributed by atoms with Gasteiger partial charge in [0.1, 0.15) is 5.84 Å². The number of amidine groups is 2. The normalized spacial score (nSPS) is 15.4. The molecule has 2 aliphatic rings. The molecule has 0 aromatic heterocycles. The Labute approximate surface area is 239 Å². The van der Waals surface area contributed by atoms with E-state index in [0.717, 1.165) is 5.56 Å². The van der Waals surface area contributed by atoms with Crippen molar-refractivity contribution in [1.29, 1.82) is 5.41 Å². The maximum Gasteiger partial charge on any atom is 0.343 e. The number of fused-ring (bicyclic) bond motifs is 1. The van der Waals surface area contributed by atoms with Crippen LogP contribution >= 0.6 is 23.4 Å². The van der Waals surface area contributed by atoms with Gasteiger partial charge in [-0.15, -0.1) is 0 Å². The maximum absolute atomic E-state index is 12.9. The summed E-state index contributed by atoms with van der Waals surface area (Å²) >= 11 is 7.65. The SMILES string of the molecule is COc1ccc(C(=O)Oc2ccc(/C=C3/C(=N)N4C(c5ccccc5Cl)=CSC4=NC3=O)cc2OC)cc1OC. The number of benzene rings is 3. The lowest BCUT2D eigenvalue weighted by atomic mass is 10.1. The summed E-state index contributed by atoms with van der Waals surface area (Å²) in [6.45, 7) is 0. The van der Waals surface area contributed by atoms with Gasteiger partial charge in [0.05, 0.1) is 38.2 Å². The molecular weight excluding hydrogens is 554 g/mol. The molecule has 0 saturated carbocycles. The van der Waals surface area contributed by atoms with Crippen molar-refractivity contribution in [3.63, 3.8) is 0 Å². The zero-order valence-electron chi connectivity index (χ0n) is 21.6. The first-order valence-electron chi connectivity index (χ1n) is 11.8. The quantitative estimate of drug-likeness (QED) is 0.211. The molecule has 3 aromatic carbocycles. The first kappa shape index (κ1) is 27.0. The number of esters is 1. The van der Waals surface area contributed by atoms with Crippen molar-refractivity contribution in [2.75, 3.05) is 21.3 Å². The van der Waals surface area contributed by atoms with Crippen LogP contribution in [-0.4, -0.2) is 49.1 Å². The molecule has 202 valence electrons. The first-order valence-corrected chi connectivity index (χ1v) is 13.1. The number of nitrogens with one attached hydrogen (secondary N) is 1. The Morgan fingerprint density at radius 1 is 0.950 bits per heavy atom.